The summed E-state index contributed by atoms with van der Waals surface area (Å²) in [5, 5.41) is 3.66. The molecule has 0 aliphatic heterocycles. The van der Waals surface area contributed by atoms with Crippen molar-refractivity contribution in [2.24, 2.45) is 0 Å². The molecule has 0 spiro atoms. The highest BCUT2D eigenvalue weighted by atomic mass is 14.9. The number of allylic oxidation sites excluding steroid dienone is 1. The van der Waals surface area contributed by atoms with E-state index in [1.54, 1.807) is 5.57 Å². The van der Waals surface area contributed by atoms with E-state index in [0.29, 0.717) is 6.04 Å². The molecule has 1 aromatic rings. The summed E-state index contributed by atoms with van der Waals surface area (Å²) in [7, 11) is 0. The zero-order valence-electron chi connectivity index (χ0n) is 12.2. The summed E-state index contributed by atoms with van der Waals surface area (Å²) < 4.78 is 0. The van der Waals surface area contributed by atoms with E-state index >= 15 is 0 Å². The van der Waals surface area contributed by atoms with Gasteiger partial charge >= 0.3 is 0 Å². The van der Waals surface area contributed by atoms with Crippen molar-refractivity contribution in [2.75, 3.05) is 6.54 Å². The first-order chi connectivity index (χ1) is 9.38. The molecule has 1 unspecified atom stereocenters. The smallest absolute Gasteiger partial charge is 0.0107 e. The second kappa shape index (κ2) is 8.16. The Kier molecular flexibility index (Phi) is 6.16. The van der Waals surface area contributed by atoms with E-state index in [9.17, 15) is 0 Å². The zero-order chi connectivity index (χ0) is 13.3. The summed E-state index contributed by atoms with van der Waals surface area (Å²) >= 11 is 0. The third kappa shape index (κ3) is 5.20. The van der Waals surface area contributed by atoms with E-state index in [1.165, 1.54) is 50.5 Å². The molecule has 1 aliphatic rings. The molecule has 1 nitrogen and oxygen atoms in total. The van der Waals surface area contributed by atoms with Crippen molar-refractivity contribution in [1.82, 2.24) is 5.32 Å². The minimum Gasteiger partial charge on any atom is -0.314 e. The van der Waals surface area contributed by atoms with Gasteiger partial charge in [-0.1, -0.05) is 48.9 Å². The van der Waals surface area contributed by atoms with Gasteiger partial charge in [-0.3, -0.25) is 0 Å². The lowest BCUT2D eigenvalue weighted by atomic mass is 9.92. The van der Waals surface area contributed by atoms with Crippen LogP contribution in [0.4, 0.5) is 0 Å². The highest BCUT2D eigenvalue weighted by molar-refractivity contribution is 5.15. The molecule has 0 saturated carbocycles. The minimum atomic E-state index is 0.648. The molecule has 0 radical (unpaired) electrons. The molecule has 0 heterocycles. The summed E-state index contributed by atoms with van der Waals surface area (Å²) in [6.07, 6.45) is 11.6. The van der Waals surface area contributed by atoms with Crippen molar-refractivity contribution in [1.29, 1.82) is 0 Å². The monoisotopic (exact) mass is 257 g/mol. The minimum absolute atomic E-state index is 0.648. The van der Waals surface area contributed by atoms with Crippen LogP contribution in [0.3, 0.4) is 0 Å². The average Bonchev–Trinajstić information content (AvgIpc) is 2.47. The topological polar surface area (TPSA) is 12.0 Å². The molecule has 0 aromatic heterocycles. The number of benzene rings is 1. The highest BCUT2D eigenvalue weighted by Gasteiger charge is 2.12. The van der Waals surface area contributed by atoms with Crippen molar-refractivity contribution in [3.8, 4) is 0 Å². The predicted octanol–water partition coefficient (Wildman–Crippen LogP) is 4.49. The van der Waals surface area contributed by atoms with Gasteiger partial charge in [0.05, 0.1) is 0 Å². The maximum atomic E-state index is 3.66. The summed E-state index contributed by atoms with van der Waals surface area (Å²) in [6, 6.07) is 11.5. The molecule has 104 valence electrons. The molecule has 0 saturated heterocycles. The molecule has 1 atom stereocenters. The third-order valence-corrected chi connectivity index (χ3v) is 4.01. The summed E-state index contributed by atoms with van der Waals surface area (Å²) in [6.45, 7) is 3.29. The molecule has 1 heteroatoms. The Hall–Kier alpha value is -1.08. The van der Waals surface area contributed by atoms with Gasteiger partial charge in [-0.15, -0.1) is 0 Å². The number of aryl methyl sites for hydroxylation is 1. The number of hydrogen-bond donors (Lipinski definition) is 1. The van der Waals surface area contributed by atoms with Gasteiger partial charge in [0.25, 0.3) is 0 Å². The van der Waals surface area contributed by atoms with Crippen molar-refractivity contribution < 1.29 is 0 Å². The molecule has 2 rings (SSSR count). The largest absolute Gasteiger partial charge is 0.314 e. The standard InChI is InChI=1S/C18H27N/c1-2-19-18(15-17-11-7-4-8-12-17)14-13-16-9-5-3-6-10-16/h3,5-6,9-11,18-19H,2,4,7-8,12-15H2,1H3. The number of hydrogen-bond acceptors (Lipinski definition) is 1. The lowest BCUT2D eigenvalue weighted by Crippen LogP contribution is -2.30. The molecule has 0 bridgehead atoms. The van der Waals surface area contributed by atoms with E-state index in [4.69, 9.17) is 0 Å². The quantitative estimate of drug-likeness (QED) is 0.710. The molecule has 0 amide bonds. The van der Waals surface area contributed by atoms with Gasteiger partial charge in [-0.05, 0) is 57.1 Å². The lowest BCUT2D eigenvalue weighted by Gasteiger charge is -2.21. The van der Waals surface area contributed by atoms with Crippen molar-refractivity contribution >= 4 is 0 Å². The van der Waals surface area contributed by atoms with Crippen molar-refractivity contribution in [3.63, 3.8) is 0 Å². The number of nitrogens with one attached hydrogen (secondary N) is 1. The van der Waals surface area contributed by atoms with Crippen LogP contribution < -0.4 is 5.32 Å². The number of rotatable bonds is 7. The van der Waals surface area contributed by atoms with Crippen LogP contribution in [0.5, 0.6) is 0 Å². The average molecular weight is 257 g/mol. The first-order valence-corrected chi connectivity index (χ1v) is 7.83. The van der Waals surface area contributed by atoms with Crippen LogP contribution in [-0.4, -0.2) is 12.6 Å². The fourth-order valence-corrected chi connectivity index (χ4v) is 2.96. The summed E-state index contributed by atoms with van der Waals surface area (Å²) in [4.78, 5) is 0. The van der Waals surface area contributed by atoms with E-state index in [0.717, 1.165) is 6.54 Å². The Labute approximate surface area is 118 Å². The third-order valence-electron chi connectivity index (χ3n) is 4.01. The molecule has 19 heavy (non-hydrogen) atoms. The molecule has 1 N–H and O–H groups in total. The van der Waals surface area contributed by atoms with Crippen LogP contribution in [0, 0.1) is 0 Å². The van der Waals surface area contributed by atoms with Gasteiger partial charge in [0, 0.05) is 6.04 Å². The van der Waals surface area contributed by atoms with Gasteiger partial charge < -0.3 is 5.32 Å². The van der Waals surface area contributed by atoms with Gasteiger partial charge in [-0.2, -0.15) is 0 Å². The summed E-state index contributed by atoms with van der Waals surface area (Å²) in [5.74, 6) is 0. The van der Waals surface area contributed by atoms with Crippen molar-refractivity contribution in [2.45, 2.75) is 57.9 Å². The molecule has 1 aliphatic carbocycles. The van der Waals surface area contributed by atoms with Crippen LogP contribution >= 0.6 is 0 Å². The fourth-order valence-electron chi connectivity index (χ4n) is 2.96. The Bertz CT molecular complexity index is 380. The van der Waals surface area contributed by atoms with Crippen LogP contribution in [-0.2, 0) is 6.42 Å². The maximum Gasteiger partial charge on any atom is 0.0107 e. The van der Waals surface area contributed by atoms with Gasteiger partial charge in [0.1, 0.15) is 0 Å². The van der Waals surface area contributed by atoms with Gasteiger partial charge in [-0.25, -0.2) is 0 Å². The Balaban J connectivity index is 1.83. The first kappa shape index (κ1) is 14.3. The van der Waals surface area contributed by atoms with Crippen LogP contribution in [0.2, 0.25) is 0 Å². The summed E-state index contributed by atoms with van der Waals surface area (Å²) in [5.41, 5.74) is 3.15. The Morgan fingerprint density at radius 3 is 2.68 bits per heavy atom. The van der Waals surface area contributed by atoms with Gasteiger partial charge in [0.15, 0.2) is 0 Å². The SMILES string of the molecule is CCNC(CCc1ccccc1)CC1=CCCCC1. The van der Waals surface area contributed by atoms with E-state index in [2.05, 4.69) is 48.6 Å². The molecule has 1 aromatic carbocycles. The second-order valence-electron chi connectivity index (χ2n) is 5.59. The Morgan fingerprint density at radius 2 is 2.00 bits per heavy atom. The first-order valence-electron chi connectivity index (χ1n) is 7.83. The lowest BCUT2D eigenvalue weighted by molar-refractivity contribution is 0.477. The Morgan fingerprint density at radius 1 is 1.16 bits per heavy atom. The van der Waals surface area contributed by atoms with Crippen LogP contribution in [0.25, 0.3) is 0 Å². The molecule has 0 fully saturated rings. The van der Waals surface area contributed by atoms with Crippen molar-refractivity contribution in [3.05, 3.63) is 47.5 Å². The van der Waals surface area contributed by atoms with Crippen LogP contribution in [0.15, 0.2) is 42.0 Å². The maximum absolute atomic E-state index is 3.66. The van der Waals surface area contributed by atoms with E-state index < -0.39 is 0 Å². The predicted molar refractivity (Wildman–Crippen MR) is 83.4 cm³/mol. The van der Waals surface area contributed by atoms with E-state index in [1.807, 2.05) is 0 Å². The molecular formula is C18H27N. The van der Waals surface area contributed by atoms with E-state index in [-0.39, 0.29) is 0 Å². The fraction of sp³-hybridized carbons (Fsp3) is 0.556. The normalized spacial score (nSPS) is 17.0. The second-order valence-corrected chi connectivity index (χ2v) is 5.59. The highest BCUT2D eigenvalue weighted by Crippen LogP contribution is 2.22. The van der Waals surface area contributed by atoms with Crippen LogP contribution in [0.1, 0.15) is 51.0 Å². The zero-order valence-corrected chi connectivity index (χ0v) is 12.2. The molecular weight excluding hydrogens is 230 g/mol. The van der Waals surface area contributed by atoms with Gasteiger partial charge in [0.2, 0.25) is 0 Å².